The number of carbonyl (C=O) groups excluding carboxylic acids is 1. The summed E-state index contributed by atoms with van der Waals surface area (Å²) in [5.41, 5.74) is 4.58. The average Bonchev–Trinajstić information content (AvgIpc) is 3.23. The van der Waals surface area contributed by atoms with Gasteiger partial charge in [0.15, 0.2) is 11.2 Å². The molecule has 10 heteroatoms. The van der Waals surface area contributed by atoms with Gasteiger partial charge in [0.1, 0.15) is 23.6 Å². The topological polar surface area (TPSA) is 104 Å². The van der Waals surface area contributed by atoms with Crippen molar-refractivity contribution in [2.75, 3.05) is 7.11 Å². The fourth-order valence-corrected chi connectivity index (χ4v) is 3.26. The maximum Gasteiger partial charge on any atom is 0.271 e. The zero-order chi connectivity index (χ0) is 24.1. The third-order valence-electron chi connectivity index (χ3n) is 4.83. The van der Waals surface area contributed by atoms with Crippen molar-refractivity contribution in [1.82, 2.24) is 24.9 Å². The molecule has 0 aliphatic carbocycles. The Balaban J connectivity index is 1.49. The minimum absolute atomic E-state index is 0.293. The first-order valence-electron chi connectivity index (χ1n) is 10.6. The first-order valence-corrected chi connectivity index (χ1v) is 10.6. The second-order valence-corrected chi connectivity index (χ2v) is 7.85. The Kier molecular flexibility index (Phi) is 6.77. The molecule has 0 saturated heterocycles. The van der Waals surface area contributed by atoms with Crippen LogP contribution in [-0.4, -0.2) is 38.8 Å². The first-order chi connectivity index (χ1) is 16.4. The van der Waals surface area contributed by atoms with Crippen molar-refractivity contribution in [3.8, 4) is 17.4 Å². The largest absolute Gasteiger partial charge is 0.496 e. The summed E-state index contributed by atoms with van der Waals surface area (Å²) in [6.45, 7) is 5.03. The van der Waals surface area contributed by atoms with Gasteiger partial charge in [-0.15, -0.1) is 0 Å². The van der Waals surface area contributed by atoms with E-state index < -0.39 is 11.7 Å². The smallest absolute Gasteiger partial charge is 0.271 e. The SMILES string of the molecule is COc1cc(Oc2ncnc3c2ncn3CC(C)C)ccc1/C=N/NC(=O)c1ccc(F)cc1. The lowest BCUT2D eigenvalue weighted by atomic mass is 10.2. The number of hydrogen-bond donors (Lipinski definition) is 1. The number of amides is 1. The van der Waals surface area contributed by atoms with Gasteiger partial charge in [0.2, 0.25) is 0 Å². The zero-order valence-corrected chi connectivity index (χ0v) is 18.9. The third-order valence-corrected chi connectivity index (χ3v) is 4.83. The van der Waals surface area contributed by atoms with E-state index in [-0.39, 0.29) is 0 Å². The number of aromatic nitrogens is 4. The number of nitrogens with one attached hydrogen (secondary N) is 1. The lowest BCUT2D eigenvalue weighted by Gasteiger charge is -2.10. The fraction of sp³-hybridized carbons (Fsp3) is 0.208. The number of hydrazone groups is 1. The predicted molar refractivity (Wildman–Crippen MR) is 125 cm³/mol. The lowest BCUT2D eigenvalue weighted by Crippen LogP contribution is -2.17. The van der Waals surface area contributed by atoms with Crippen LogP contribution in [0, 0.1) is 11.7 Å². The summed E-state index contributed by atoms with van der Waals surface area (Å²) < 4.78 is 26.4. The summed E-state index contributed by atoms with van der Waals surface area (Å²) in [5.74, 6) is 0.868. The summed E-state index contributed by atoms with van der Waals surface area (Å²) in [5, 5.41) is 3.96. The Bertz CT molecular complexity index is 1330. The van der Waals surface area contributed by atoms with Crippen LogP contribution in [0.2, 0.25) is 0 Å². The minimum Gasteiger partial charge on any atom is -0.496 e. The van der Waals surface area contributed by atoms with Crippen molar-refractivity contribution in [1.29, 1.82) is 0 Å². The Hall–Kier alpha value is -4.34. The van der Waals surface area contributed by atoms with E-state index in [1.165, 1.54) is 43.9 Å². The van der Waals surface area contributed by atoms with Gasteiger partial charge in [-0.05, 0) is 42.3 Å². The predicted octanol–water partition coefficient (Wildman–Crippen LogP) is 4.19. The minimum atomic E-state index is -0.458. The summed E-state index contributed by atoms with van der Waals surface area (Å²) in [7, 11) is 1.52. The van der Waals surface area contributed by atoms with Gasteiger partial charge >= 0.3 is 0 Å². The molecule has 9 nitrogen and oxygen atoms in total. The molecule has 0 radical (unpaired) electrons. The highest BCUT2D eigenvalue weighted by atomic mass is 19.1. The second kappa shape index (κ2) is 10.1. The van der Waals surface area contributed by atoms with E-state index in [9.17, 15) is 9.18 Å². The zero-order valence-electron chi connectivity index (χ0n) is 18.9. The Morgan fingerprint density at radius 1 is 1.18 bits per heavy atom. The number of hydrogen-bond acceptors (Lipinski definition) is 7. The molecular weight excluding hydrogens is 439 g/mol. The first kappa shape index (κ1) is 22.8. The molecule has 0 spiro atoms. The Morgan fingerprint density at radius 3 is 2.71 bits per heavy atom. The second-order valence-electron chi connectivity index (χ2n) is 7.85. The number of fused-ring (bicyclic) bond motifs is 1. The van der Waals surface area contributed by atoms with Crippen molar-refractivity contribution in [2.45, 2.75) is 20.4 Å². The van der Waals surface area contributed by atoms with Crippen LogP contribution in [0.25, 0.3) is 11.2 Å². The molecule has 2 aromatic carbocycles. The van der Waals surface area contributed by atoms with E-state index in [2.05, 4.69) is 39.3 Å². The van der Waals surface area contributed by atoms with Crippen LogP contribution in [0.4, 0.5) is 4.39 Å². The normalized spacial score (nSPS) is 11.3. The van der Waals surface area contributed by atoms with E-state index in [0.29, 0.717) is 45.6 Å². The van der Waals surface area contributed by atoms with Crippen molar-refractivity contribution in [3.05, 3.63) is 72.1 Å². The van der Waals surface area contributed by atoms with Crippen LogP contribution in [0.3, 0.4) is 0 Å². The number of methoxy groups -OCH3 is 1. The van der Waals surface area contributed by atoms with Gasteiger partial charge < -0.3 is 14.0 Å². The van der Waals surface area contributed by atoms with Gasteiger partial charge in [-0.1, -0.05) is 13.8 Å². The van der Waals surface area contributed by atoms with Crippen molar-refractivity contribution >= 4 is 23.3 Å². The molecule has 2 heterocycles. The maximum absolute atomic E-state index is 13.0. The maximum atomic E-state index is 13.0. The molecule has 0 aliphatic rings. The van der Waals surface area contributed by atoms with E-state index in [4.69, 9.17) is 9.47 Å². The lowest BCUT2D eigenvalue weighted by molar-refractivity contribution is 0.0955. The summed E-state index contributed by atoms with van der Waals surface area (Å²) in [4.78, 5) is 25.1. The summed E-state index contributed by atoms with van der Waals surface area (Å²) >= 11 is 0. The van der Waals surface area contributed by atoms with E-state index >= 15 is 0 Å². The summed E-state index contributed by atoms with van der Waals surface area (Å²) in [6.07, 6.45) is 4.62. The molecule has 4 aromatic rings. The van der Waals surface area contributed by atoms with Gasteiger partial charge in [0, 0.05) is 23.7 Å². The van der Waals surface area contributed by atoms with Crippen LogP contribution in [-0.2, 0) is 6.54 Å². The van der Waals surface area contributed by atoms with Crippen LogP contribution >= 0.6 is 0 Å². The van der Waals surface area contributed by atoms with Gasteiger partial charge in [-0.3, -0.25) is 4.79 Å². The third kappa shape index (κ3) is 5.17. The van der Waals surface area contributed by atoms with Crippen molar-refractivity contribution < 1.29 is 18.7 Å². The molecule has 174 valence electrons. The highest BCUT2D eigenvalue weighted by molar-refractivity contribution is 5.95. The van der Waals surface area contributed by atoms with E-state index in [1.807, 2.05) is 4.57 Å². The molecule has 1 amide bonds. The van der Waals surface area contributed by atoms with Gasteiger partial charge in [-0.2, -0.15) is 10.1 Å². The van der Waals surface area contributed by atoms with E-state index in [1.54, 1.807) is 24.5 Å². The van der Waals surface area contributed by atoms with Crippen molar-refractivity contribution in [2.24, 2.45) is 11.0 Å². The molecule has 0 aliphatic heterocycles. The number of halogens is 1. The number of ether oxygens (including phenoxy) is 2. The number of rotatable bonds is 8. The Morgan fingerprint density at radius 2 is 1.97 bits per heavy atom. The number of benzene rings is 2. The highest BCUT2D eigenvalue weighted by Crippen LogP contribution is 2.29. The molecule has 0 fully saturated rings. The molecule has 0 saturated carbocycles. The standard InChI is InChI=1S/C24H23FN6O3/c1-15(2)12-31-14-28-21-22(31)26-13-27-24(21)34-19-9-6-17(20(10-19)33-3)11-29-30-23(32)16-4-7-18(25)8-5-16/h4-11,13-15H,12H2,1-3H3,(H,30,32)/b29-11+. The molecule has 0 bridgehead atoms. The highest BCUT2D eigenvalue weighted by Gasteiger charge is 2.14. The molecule has 0 unspecified atom stereocenters. The number of carbonyl (C=O) groups is 1. The number of nitrogens with zero attached hydrogens (tertiary/aromatic N) is 5. The van der Waals surface area contributed by atoms with Crippen LogP contribution < -0.4 is 14.9 Å². The molecule has 2 aromatic heterocycles. The van der Waals surface area contributed by atoms with E-state index in [0.717, 1.165) is 6.54 Å². The molecule has 1 N–H and O–H groups in total. The van der Waals surface area contributed by atoms with Gasteiger partial charge in [0.05, 0.1) is 19.7 Å². The van der Waals surface area contributed by atoms with Crippen LogP contribution in [0.1, 0.15) is 29.8 Å². The molecular formula is C24H23FN6O3. The number of imidazole rings is 1. The quantitative estimate of drug-likeness (QED) is 0.311. The van der Waals surface area contributed by atoms with Crippen LogP contribution in [0.5, 0.6) is 17.4 Å². The molecule has 4 rings (SSSR count). The fourth-order valence-electron chi connectivity index (χ4n) is 3.26. The average molecular weight is 462 g/mol. The summed E-state index contributed by atoms with van der Waals surface area (Å²) in [6, 6.07) is 10.3. The van der Waals surface area contributed by atoms with Gasteiger partial charge in [-0.25, -0.2) is 19.8 Å². The van der Waals surface area contributed by atoms with Crippen molar-refractivity contribution in [3.63, 3.8) is 0 Å². The molecule has 0 atom stereocenters. The molecule has 34 heavy (non-hydrogen) atoms. The van der Waals surface area contributed by atoms with Crippen LogP contribution in [0.15, 0.2) is 60.2 Å². The Labute approximate surface area is 195 Å². The van der Waals surface area contributed by atoms with Gasteiger partial charge in [0.25, 0.3) is 11.8 Å². The monoisotopic (exact) mass is 462 g/mol.